The molecule has 0 radical (unpaired) electrons. The van der Waals surface area contributed by atoms with E-state index in [-0.39, 0.29) is 30.5 Å². The standard InChI is InChI=1S/C29H31N5O4S/c1-19-5-6-20(2)25(15-19)34-26(17-30-27(35)16-21-7-11-23(37-3)12-8-21)32-33-29(34)39-18-28(36)31-22-9-13-24(38-4)14-10-22/h5-15H,16-18H2,1-4H3,(H,30,35)(H,31,36). The van der Waals surface area contributed by atoms with E-state index in [4.69, 9.17) is 9.47 Å². The highest BCUT2D eigenvalue weighted by atomic mass is 32.2. The summed E-state index contributed by atoms with van der Waals surface area (Å²) in [5.41, 5.74) is 4.56. The molecule has 0 saturated carbocycles. The number of carbonyl (C=O) groups excluding carboxylic acids is 2. The Balaban J connectivity index is 1.47. The van der Waals surface area contributed by atoms with Crippen molar-refractivity contribution < 1.29 is 19.1 Å². The van der Waals surface area contributed by atoms with E-state index in [2.05, 4.69) is 20.8 Å². The highest BCUT2D eigenvalue weighted by Crippen LogP contribution is 2.26. The molecule has 2 N–H and O–H groups in total. The summed E-state index contributed by atoms with van der Waals surface area (Å²) in [6, 6.07) is 20.6. The van der Waals surface area contributed by atoms with Gasteiger partial charge in [0.2, 0.25) is 11.8 Å². The summed E-state index contributed by atoms with van der Waals surface area (Å²) in [6.45, 7) is 4.21. The molecule has 0 aliphatic heterocycles. The number of ether oxygens (including phenoxy) is 2. The van der Waals surface area contributed by atoms with Crippen LogP contribution in [0, 0.1) is 13.8 Å². The third-order valence-corrected chi connectivity index (χ3v) is 6.91. The Bertz CT molecular complexity index is 1350. The topological polar surface area (TPSA) is 107 Å². The average Bonchev–Trinajstić information content (AvgIpc) is 3.35. The van der Waals surface area contributed by atoms with E-state index in [1.165, 1.54) is 11.8 Å². The highest BCUT2D eigenvalue weighted by Gasteiger charge is 2.18. The van der Waals surface area contributed by atoms with E-state index < -0.39 is 0 Å². The van der Waals surface area contributed by atoms with Crippen molar-refractivity contribution in [3.05, 3.63) is 89.2 Å². The quantitative estimate of drug-likeness (QED) is 0.267. The lowest BCUT2D eigenvalue weighted by Crippen LogP contribution is -2.26. The summed E-state index contributed by atoms with van der Waals surface area (Å²) in [7, 11) is 3.20. The van der Waals surface area contributed by atoms with Crippen LogP contribution in [0.5, 0.6) is 11.5 Å². The molecule has 202 valence electrons. The molecule has 39 heavy (non-hydrogen) atoms. The van der Waals surface area contributed by atoms with Gasteiger partial charge >= 0.3 is 0 Å². The number of hydrogen-bond acceptors (Lipinski definition) is 7. The molecule has 3 aromatic carbocycles. The van der Waals surface area contributed by atoms with Crippen molar-refractivity contribution in [3.8, 4) is 17.2 Å². The minimum absolute atomic E-state index is 0.135. The second kappa shape index (κ2) is 13.0. The third-order valence-electron chi connectivity index (χ3n) is 5.98. The molecule has 2 amide bonds. The van der Waals surface area contributed by atoms with Crippen LogP contribution in [0.3, 0.4) is 0 Å². The SMILES string of the molecule is COc1ccc(CC(=O)NCc2nnc(SCC(=O)Nc3ccc(OC)cc3)n2-c2cc(C)ccc2C)cc1. The number of nitrogens with one attached hydrogen (secondary N) is 2. The summed E-state index contributed by atoms with van der Waals surface area (Å²) in [4.78, 5) is 25.3. The zero-order chi connectivity index (χ0) is 27.8. The van der Waals surface area contributed by atoms with Gasteiger partial charge in [0.05, 0.1) is 38.6 Å². The van der Waals surface area contributed by atoms with Crippen LogP contribution >= 0.6 is 11.8 Å². The largest absolute Gasteiger partial charge is 0.497 e. The van der Waals surface area contributed by atoms with E-state index in [0.717, 1.165) is 28.1 Å². The van der Waals surface area contributed by atoms with Gasteiger partial charge in [-0.3, -0.25) is 14.2 Å². The number of benzene rings is 3. The van der Waals surface area contributed by atoms with E-state index in [0.29, 0.717) is 22.4 Å². The minimum atomic E-state index is -0.171. The van der Waals surface area contributed by atoms with E-state index >= 15 is 0 Å². The van der Waals surface area contributed by atoms with Gasteiger partial charge in [-0.05, 0) is 73.0 Å². The number of nitrogens with zero attached hydrogens (tertiary/aromatic N) is 3. The minimum Gasteiger partial charge on any atom is -0.497 e. The molecule has 1 aromatic heterocycles. The molecule has 4 aromatic rings. The van der Waals surface area contributed by atoms with Gasteiger partial charge in [0, 0.05) is 5.69 Å². The molecule has 10 heteroatoms. The van der Waals surface area contributed by atoms with Crippen molar-refractivity contribution >= 4 is 29.3 Å². The van der Waals surface area contributed by atoms with Crippen LogP contribution < -0.4 is 20.1 Å². The van der Waals surface area contributed by atoms with Crippen LogP contribution in [-0.4, -0.2) is 46.6 Å². The molecule has 4 rings (SSSR count). The molecule has 0 aliphatic rings. The van der Waals surface area contributed by atoms with Gasteiger partial charge in [0.25, 0.3) is 0 Å². The fourth-order valence-corrected chi connectivity index (χ4v) is 4.64. The third kappa shape index (κ3) is 7.38. The molecule has 0 fully saturated rings. The van der Waals surface area contributed by atoms with Crippen LogP contribution in [0.15, 0.2) is 71.9 Å². The number of aryl methyl sites for hydroxylation is 2. The van der Waals surface area contributed by atoms with Crippen molar-refractivity contribution in [1.29, 1.82) is 0 Å². The summed E-state index contributed by atoms with van der Waals surface area (Å²) in [6.07, 6.45) is 0.231. The van der Waals surface area contributed by atoms with Gasteiger partial charge in [-0.25, -0.2) is 0 Å². The Morgan fingerprint density at radius 1 is 0.872 bits per heavy atom. The number of thioether (sulfide) groups is 1. The van der Waals surface area contributed by atoms with Gasteiger partial charge in [-0.1, -0.05) is 36.0 Å². The summed E-state index contributed by atoms with van der Waals surface area (Å²) >= 11 is 1.28. The predicted octanol–water partition coefficient (Wildman–Crippen LogP) is 4.49. The maximum atomic E-state index is 12.7. The fraction of sp³-hybridized carbons (Fsp3) is 0.241. The molecule has 0 atom stereocenters. The van der Waals surface area contributed by atoms with Gasteiger partial charge < -0.3 is 20.1 Å². The first kappa shape index (κ1) is 27.7. The number of amides is 2. The summed E-state index contributed by atoms with van der Waals surface area (Å²) in [5, 5.41) is 15.1. The van der Waals surface area contributed by atoms with Gasteiger partial charge in [-0.15, -0.1) is 10.2 Å². The van der Waals surface area contributed by atoms with Gasteiger partial charge in [-0.2, -0.15) is 0 Å². The Labute approximate surface area is 231 Å². The number of methoxy groups -OCH3 is 2. The maximum Gasteiger partial charge on any atom is 0.234 e. The van der Waals surface area contributed by atoms with Crippen LogP contribution in [0.25, 0.3) is 5.69 Å². The van der Waals surface area contributed by atoms with Crippen LogP contribution in [-0.2, 0) is 22.6 Å². The maximum absolute atomic E-state index is 12.7. The molecular weight excluding hydrogens is 514 g/mol. The summed E-state index contributed by atoms with van der Waals surface area (Å²) in [5.74, 6) is 1.86. The van der Waals surface area contributed by atoms with Crippen molar-refractivity contribution in [1.82, 2.24) is 20.1 Å². The number of carbonyl (C=O) groups is 2. The van der Waals surface area contributed by atoms with E-state index in [1.807, 2.05) is 60.9 Å². The second-order valence-electron chi connectivity index (χ2n) is 8.89. The molecule has 9 nitrogen and oxygen atoms in total. The zero-order valence-corrected chi connectivity index (χ0v) is 23.2. The number of hydrogen-bond donors (Lipinski definition) is 2. The van der Waals surface area contributed by atoms with Crippen molar-refractivity contribution in [3.63, 3.8) is 0 Å². The Morgan fingerprint density at radius 2 is 1.54 bits per heavy atom. The molecule has 0 spiro atoms. The number of aromatic nitrogens is 3. The zero-order valence-electron chi connectivity index (χ0n) is 22.4. The number of rotatable bonds is 11. The normalized spacial score (nSPS) is 10.7. The molecule has 1 heterocycles. The predicted molar refractivity (Wildman–Crippen MR) is 152 cm³/mol. The second-order valence-corrected chi connectivity index (χ2v) is 9.83. The monoisotopic (exact) mass is 545 g/mol. The average molecular weight is 546 g/mol. The molecule has 0 unspecified atom stereocenters. The van der Waals surface area contributed by atoms with Crippen molar-refractivity contribution in [2.24, 2.45) is 0 Å². The first-order valence-electron chi connectivity index (χ1n) is 12.3. The van der Waals surface area contributed by atoms with Crippen LogP contribution in [0.4, 0.5) is 5.69 Å². The Kier molecular flexibility index (Phi) is 9.22. The lowest BCUT2D eigenvalue weighted by molar-refractivity contribution is -0.120. The van der Waals surface area contributed by atoms with E-state index in [9.17, 15) is 9.59 Å². The van der Waals surface area contributed by atoms with Gasteiger partial charge in [0.1, 0.15) is 11.5 Å². The molecule has 0 bridgehead atoms. The van der Waals surface area contributed by atoms with Crippen LogP contribution in [0.2, 0.25) is 0 Å². The first-order valence-corrected chi connectivity index (χ1v) is 13.3. The first-order chi connectivity index (χ1) is 18.9. The van der Waals surface area contributed by atoms with Crippen LogP contribution in [0.1, 0.15) is 22.5 Å². The fourth-order valence-electron chi connectivity index (χ4n) is 3.88. The molecular formula is C29H31N5O4S. The molecule has 0 aliphatic carbocycles. The van der Waals surface area contributed by atoms with Gasteiger partial charge in [0.15, 0.2) is 11.0 Å². The molecule has 0 saturated heterocycles. The number of anilines is 1. The highest BCUT2D eigenvalue weighted by molar-refractivity contribution is 7.99. The lowest BCUT2D eigenvalue weighted by atomic mass is 10.1. The summed E-state index contributed by atoms with van der Waals surface area (Å²) < 4.78 is 12.2. The Hall–Kier alpha value is -4.31. The lowest BCUT2D eigenvalue weighted by Gasteiger charge is -2.14. The van der Waals surface area contributed by atoms with Crippen molar-refractivity contribution in [2.45, 2.75) is 32.0 Å². The van der Waals surface area contributed by atoms with Crippen molar-refractivity contribution in [2.75, 3.05) is 25.3 Å². The van der Waals surface area contributed by atoms with E-state index in [1.54, 1.807) is 38.5 Å². The Morgan fingerprint density at radius 3 is 2.21 bits per heavy atom. The smallest absolute Gasteiger partial charge is 0.234 e.